The summed E-state index contributed by atoms with van der Waals surface area (Å²) in [5, 5.41) is 11.5. The van der Waals surface area contributed by atoms with Gasteiger partial charge in [-0.25, -0.2) is 13.8 Å². The lowest BCUT2D eigenvalue weighted by molar-refractivity contribution is 0.0244. The normalized spacial score (nSPS) is 21.3. The van der Waals surface area contributed by atoms with Gasteiger partial charge in [-0.2, -0.15) is 10.2 Å². The molecule has 0 spiro atoms. The number of halogens is 2. The second-order valence-electron chi connectivity index (χ2n) is 14.6. The number of ether oxygens (including phenoxy) is 1. The first-order valence-corrected chi connectivity index (χ1v) is 18.1. The van der Waals surface area contributed by atoms with Crippen LogP contribution in [0.5, 0.6) is 0 Å². The van der Waals surface area contributed by atoms with Crippen molar-refractivity contribution in [3.05, 3.63) is 83.2 Å². The van der Waals surface area contributed by atoms with Gasteiger partial charge in [-0.3, -0.25) is 14.7 Å². The number of rotatable bonds is 10. The number of likely N-dealkylation sites (tertiary alicyclic amines) is 1. The minimum absolute atomic E-state index is 0.136. The molecule has 0 radical (unpaired) electrons. The summed E-state index contributed by atoms with van der Waals surface area (Å²) in [5.41, 5.74) is 3.13. The van der Waals surface area contributed by atoms with Crippen molar-refractivity contribution in [2.45, 2.75) is 64.1 Å². The number of aromatic nitrogens is 4. The van der Waals surface area contributed by atoms with Gasteiger partial charge >= 0.3 is 0 Å². The second-order valence-corrected chi connectivity index (χ2v) is 14.6. The molecular weight excluding hydrogens is 636 g/mol. The van der Waals surface area contributed by atoms with Crippen LogP contribution in [0.1, 0.15) is 72.8 Å². The van der Waals surface area contributed by atoms with E-state index in [9.17, 15) is 4.79 Å². The summed E-state index contributed by atoms with van der Waals surface area (Å²) in [6.45, 7) is 11.5. The van der Waals surface area contributed by atoms with Crippen molar-refractivity contribution in [1.82, 2.24) is 35.3 Å². The first-order chi connectivity index (χ1) is 24.2. The van der Waals surface area contributed by atoms with Crippen LogP contribution in [-0.2, 0) is 17.6 Å². The first-order valence-electron chi connectivity index (χ1n) is 18.1. The highest BCUT2D eigenvalue weighted by Crippen LogP contribution is 2.38. The standard InChI is InChI=1S/C39H47F2N7O2/c1-26(2)39(41)10-5-35-32(22-39)20-30-19-31(21-33(40)37(30)45-35)38(49)46-36(28-3-4-34(42-23-28)29-6-11-43-44-24-29)9-14-47-12-7-27(8-13-47)25-48-15-17-50-18-16-48/h3-4,6,11,19-21,23-24,26-27,36H,5,7-10,12-18,22,25H2,1-2H3,(H,46,49)/t36?,39-/m0/s1. The zero-order chi connectivity index (χ0) is 34.7. The number of morpholine rings is 1. The Morgan fingerprint density at radius 3 is 2.58 bits per heavy atom. The number of fused-ring (bicyclic) bond motifs is 2. The van der Waals surface area contributed by atoms with Crippen molar-refractivity contribution in [3.63, 3.8) is 0 Å². The molecule has 1 aliphatic carbocycles. The molecule has 7 rings (SSSR count). The number of amides is 1. The van der Waals surface area contributed by atoms with Gasteiger partial charge in [0.05, 0.1) is 37.3 Å². The average Bonchev–Trinajstić information content (AvgIpc) is 3.14. The number of benzene rings is 1. The quantitative estimate of drug-likeness (QED) is 0.218. The minimum Gasteiger partial charge on any atom is -0.379 e. The molecule has 1 aromatic carbocycles. The zero-order valence-corrected chi connectivity index (χ0v) is 29.1. The highest BCUT2D eigenvalue weighted by atomic mass is 19.1. The van der Waals surface area contributed by atoms with Crippen LogP contribution in [0.3, 0.4) is 0 Å². The molecule has 1 amide bonds. The molecule has 5 heterocycles. The van der Waals surface area contributed by atoms with E-state index in [-0.39, 0.29) is 35.4 Å². The maximum atomic E-state index is 15.6. The van der Waals surface area contributed by atoms with Crippen molar-refractivity contribution < 1.29 is 18.3 Å². The number of alkyl halides is 1. The van der Waals surface area contributed by atoms with E-state index >= 15 is 8.78 Å². The molecule has 11 heteroatoms. The van der Waals surface area contributed by atoms with Gasteiger partial charge in [0.25, 0.3) is 5.91 Å². The number of piperidine rings is 1. The monoisotopic (exact) mass is 683 g/mol. The number of carbonyl (C=O) groups excluding carboxylic acids is 1. The first kappa shape index (κ1) is 34.5. The smallest absolute Gasteiger partial charge is 0.251 e. The van der Waals surface area contributed by atoms with Crippen LogP contribution in [-0.4, -0.2) is 94.0 Å². The number of aryl methyl sites for hydroxylation is 1. The summed E-state index contributed by atoms with van der Waals surface area (Å²) >= 11 is 0. The average molecular weight is 684 g/mol. The van der Waals surface area contributed by atoms with E-state index in [1.54, 1.807) is 24.7 Å². The van der Waals surface area contributed by atoms with Crippen LogP contribution in [0, 0.1) is 17.7 Å². The van der Waals surface area contributed by atoms with E-state index < -0.39 is 11.5 Å². The summed E-state index contributed by atoms with van der Waals surface area (Å²) in [7, 11) is 0. The maximum Gasteiger partial charge on any atom is 0.251 e. The molecule has 50 heavy (non-hydrogen) atoms. The van der Waals surface area contributed by atoms with Crippen molar-refractivity contribution in [3.8, 4) is 11.3 Å². The Labute approximate surface area is 292 Å². The zero-order valence-electron chi connectivity index (χ0n) is 29.1. The fourth-order valence-corrected chi connectivity index (χ4v) is 7.69. The van der Waals surface area contributed by atoms with Crippen LogP contribution in [0.15, 0.2) is 55.0 Å². The van der Waals surface area contributed by atoms with Gasteiger partial charge < -0.3 is 15.0 Å². The van der Waals surface area contributed by atoms with Gasteiger partial charge in [0.15, 0.2) is 0 Å². The third-order valence-corrected chi connectivity index (χ3v) is 11.0. The number of hydrogen-bond donors (Lipinski definition) is 1. The van der Waals surface area contributed by atoms with Gasteiger partial charge in [0.2, 0.25) is 0 Å². The number of nitrogens with zero attached hydrogens (tertiary/aromatic N) is 6. The van der Waals surface area contributed by atoms with Gasteiger partial charge in [0, 0.05) is 61.0 Å². The van der Waals surface area contributed by atoms with Gasteiger partial charge in [-0.05, 0) is 98.5 Å². The van der Waals surface area contributed by atoms with Crippen LogP contribution < -0.4 is 5.32 Å². The third-order valence-electron chi connectivity index (χ3n) is 11.0. The molecule has 4 aromatic rings. The van der Waals surface area contributed by atoms with E-state index in [0.29, 0.717) is 30.6 Å². The van der Waals surface area contributed by atoms with E-state index in [1.165, 1.54) is 6.07 Å². The Morgan fingerprint density at radius 2 is 1.86 bits per heavy atom. The maximum absolute atomic E-state index is 15.6. The molecule has 3 aromatic heterocycles. The largest absolute Gasteiger partial charge is 0.379 e. The molecule has 1 unspecified atom stereocenters. The van der Waals surface area contributed by atoms with Crippen LogP contribution in [0.25, 0.3) is 22.2 Å². The van der Waals surface area contributed by atoms with E-state index in [1.807, 2.05) is 38.1 Å². The highest BCUT2D eigenvalue weighted by Gasteiger charge is 2.38. The van der Waals surface area contributed by atoms with Gasteiger partial charge in [-0.1, -0.05) is 19.9 Å². The lowest BCUT2D eigenvalue weighted by Gasteiger charge is -2.36. The lowest BCUT2D eigenvalue weighted by Crippen LogP contribution is -2.43. The summed E-state index contributed by atoms with van der Waals surface area (Å²) in [6, 6.07) is 10.2. The summed E-state index contributed by atoms with van der Waals surface area (Å²) in [6.07, 6.45) is 9.16. The second kappa shape index (κ2) is 15.1. The Balaban J connectivity index is 1.07. The lowest BCUT2D eigenvalue weighted by atomic mass is 9.77. The van der Waals surface area contributed by atoms with Gasteiger partial charge in [-0.15, -0.1) is 0 Å². The molecule has 2 fully saturated rings. The number of hydrogen-bond acceptors (Lipinski definition) is 8. The Hall–Kier alpha value is -3.93. The summed E-state index contributed by atoms with van der Waals surface area (Å²) in [5.74, 6) is -0.371. The Bertz CT molecular complexity index is 1780. The minimum atomic E-state index is -1.32. The highest BCUT2D eigenvalue weighted by molar-refractivity contribution is 5.98. The molecule has 2 saturated heterocycles. The van der Waals surface area contributed by atoms with E-state index in [0.717, 1.165) is 93.4 Å². The van der Waals surface area contributed by atoms with Gasteiger partial charge in [0.1, 0.15) is 17.0 Å². The van der Waals surface area contributed by atoms with E-state index in [2.05, 4.69) is 35.3 Å². The third kappa shape index (κ3) is 7.85. The number of carbonyl (C=O) groups is 1. The SMILES string of the molecule is CC(C)[C@]1(F)CCc2nc3c(F)cc(C(=O)NC(CCN4CCC(CN5CCOCC5)CC4)c4ccc(-c5ccnnc5)nc4)cc3cc2C1. The number of nitrogens with one attached hydrogen (secondary N) is 1. The molecule has 264 valence electrons. The molecule has 1 N–H and O–H groups in total. The molecule has 0 bridgehead atoms. The Kier molecular flexibility index (Phi) is 10.4. The number of pyridine rings is 2. The predicted octanol–water partition coefficient (Wildman–Crippen LogP) is 5.98. The predicted molar refractivity (Wildman–Crippen MR) is 189 cm³/mol. The van der Waals surface area contributed by atoms with Crippen molar-refractivity contribution >= 4 is 16.8 Å². The summed E-state index contributed by atoms with van der Waals surface area (Å²) < 4.78 is 36.7. The fraction of sp³-hybridized carbons (Fsp3) is 0.513. The summed E-state index contributed by atoms with van der Waals surface area (Å²) in [4.78, 5) is 28.1. The topological polar surface area (TPSA) is 96.4 Å². The van der Waals surface area contributed by atoms with E-state index in [4.69, 9.17) is 4.74 Å². The van der Waals surface area contributed by atoms with Crippen molar-refractivity contribution in [2.24, 2.45) is 11.8 Å². The molecule has 9 nitrogen and oxygen atoms in total. The molecule has 2 atom stereocenters. The van der Waals surface area contributed by atoms with Crippen LogP contribution in [0.4, 0.5) is 8.78 Å². The molecule has 0 saturated carbocycles. The van der Waals surface area contributed by atoms with Crippen LogP contribution in [0.2, 0.25) is 0 Å². The fourth-order valence-electron chi connectivity index (χ4n) is 7.69. The van der Waals surface area contributed by atoms with Crippen LogP contribution >= 0.6 is 0 Å². The Morgan fingerprint density at radius 1 is 1.04 bits per heavy atom. The van der Waals surface area contributed by atoms with Crippen molar-refractivity contribution in [1.29, 1.82) is 0 Å². The molecule has 2 aliphatic heterocycles. The van der Waals surface area contributed by atoms with Crippen molar-refractivity contribution in [2.75, 3.05) is 52.5 Å². The molecule has 3 aliphatic rings. The molecular formula is C39H47F2N7O2.